The summed E-state index contributed by atoms with van der Waals surface area (Å²) >= 11 is 0. The van der Waals surface area contributed by atoms with Crippen LogP contribution < -0.4 is 0 Å². The molecule has 25 nitrogen and oxygen atoms in total. The Bertz CT molecular complexity index is 1640. The van der Waals surface area contributed by atoms with Crippen molar-refractivity contribution >= 4 is 73.9 Å². The van der Waals surface area contributed by atoms with Gasteiger partial charge in [0.2, 0.25) is 0 Å². The zero-order valence-corrected chi connectivity index (χ0v) is 55.7. The topological polar surface area (TPSA) is 270 Å². The van der Waals surface area contributed by atoms with Gasteiger partial charge in [-0.2, -0.15) is 0 Å². The lowest BCUT2D eigenvalue weighted by atomic mass is 10.4. The van der Waals surface area contributed by atoms with Crippen LogP contribution in [0, 0.1) is 0 Å². The maximum Gasteiger partial charge on any atom is 0.503 e. The highest BCUT2D eigenvalue weighted by molar-refractivity contribution is 6.62. The van der Waals surface area contributed by atoms with Gasteiger partial charge in [-0.25, -0.2) is 24.0 Å². The molecule has 0 aromatic heterocycles. The van der Waals surface area contributed by atoms with Gasteiger partial charge in [0.15, 0.2) is 0 Å². The molecule has 0 amide bonds. The number of carbonyl (C=O) groups excluding carboxylic acids is 5. The van der Waals surface area contributed by atoms with Crippen molar-refractivity contribution in [1.82, 2.24) is 0 Å². The van der Waals surface area contributed by atoms with Crippen LogP contribution in [0.3, 0.4) is 0 Å². The first-order valence-electron chi connectivity index (χ1n) is 24.9. The number of hydrogen-bond donors (Lipinski definition) is 0. The van der Waals surface area contributed by atoms with Crippen LogP contribution in [-0.4, -0.2) is 212 Å². The lowest BCUT2D eigenvalue weighted by molar-refractivity contribution is -0.139. The number of hydrogen-bond acceptors (Lipinski definition) is 25. The van der Waals surface area contributed by atoms with Gasteiger partial charge in [0.1, 0.15) is 0 Å². The Balaban J connectivity index is -0.000000290. The van der Waals surface area contributed by atoms with E-state index in [0.717, 1.165) is 12.2 Å². The SMILES string of the molecule is C=C(C)C(=O)OCCC[Si](OC)(OC)OC.C=C(C)C(=O)OCCC[Si](OCC)(OCC)OCC.C=C(C)C(=O)OCC[Si](OC)(OC)OC.C=CC(=O)OCCC[Si](OC)(OC)OC.C=CC(=O)OCC[Si](OC)(OC)OC. The summed E-state index contributed by atoms with van der Waals surface area (Å²) in [7, 11) is 5.49. The number of ether oxygens (including phenoxy) is 5. The number of esters is 5. The highest BCUT2D eigenvalue weighted by Gasteiger charge is 2.41. The molecule has 0 saturated carbocycles. The van der Waals surface area contributed by atoms with Crippen LogP contribution in [-0.2, 0) is 114 Å². The quantitative estimate of drug-likeness (QED) is 0.0208. The van der Waals surface area contributed by atoms with Crippen molar-refractivity contribution in [3.8, 4) is 0 Å². The Morgan fingerprint density at radius 2 is 0.532 bits per heavy atom. The summed E-state index contributed by atoms with van der Waals surface area (Å²) < 4.78 is 104. The van der Waals surface area contributed by atoms with E-state index in [-0.39, 0.29) is 25.2 Å². The molecule has 0 aliphatic carbocycles. The van der Waals surface area contributed by atoms with E-state index in [1.165, 1.54) is 42.7 Å². The molecule has 464 valence electrons. The van der Waals surface area contributed by atoms with E-state index in [9.17, 15) is 24.0 Å². The fourth-order valence-electron chi connectivity index (χ4n) is 5.63. The van der Waals surface area contributed by atoms with Crippen LogP contribution >= 0.6 is 0 Å². The van der Waals surface area contributed by atoms with E-state index in [1.807, 2.05) is 20.8 Å². The lowest BCUT2D eigenvalue weighted by Crippen LogP contribution is -2.46. The molecule has 0 atom stereocenters. The van der Waals surface area contributed by atoms with Gasteiger partial charge in [-0.3, -0.25) is 0 Å². The molecule has 0 spiro atoms. The summed E-state index contributed by atoms with van der Waals surface area (Å²) in [6.07, 6.45) is 4.18. The summed E-state index contributed by atoms with van der Waals surface area (Å²) in [5.74, 6) is -2.04. The highest BCUT2D eigenvalue weighted by atomic mass is 28.4. The Morgan fingerprint density at radius 3 is 0.759 bits per heavy atom. The predicted molar refractivity (Wildman–Crippen MR) is 305 cm³/mol. The molecule has 0 N–H and O–H groups in total. The number of carbonyl (C=O) groups is 5. The molecule has 0 aromatic rings. The van der Waals surface area contributed by atoms with E-state index in [2.05, 4.69) is 32.9 Å². The van der Waals surface area contributed by atoms with Crippen LogP contribution in [0.2, 0.25) is 30.2 Å². The normalized spacial score (nSPS) is 11.2. The highest BCUT2D eigenvalue weighted by Crippen LogP contribution is 2.19. The fourth-order valence-corrected chi connectivity index (χ4v) is 14.5. The Kier molecular flexibility index (Phi) is 54.9. The van der Waals surface area contributed by atoms with Crippen molar-refractivity contribution in [3.63, 3.8) is 0 Å². The molecular weight excluding hydrogens is 1130 g/mol. The smallest absolute Gasteiger partial charge is 0.463 e. The summed E-state index contributed by atoms with van der Waals surface area (Å²) in [6, 6.07) is 2.72. The third-order valence-corrected chi connectivity index (χ3v) is 24.3. The largest absolute Gasteiger partial charge is 0.503 e. The maximum atomic E-state index is 11.2. The van der Waals surface area contributed by atoms with E-state index in [4.69, 9.17) is 90.1 Å². The third kappa shape index (κ3) is 40.4. The molecule has 0 saturated heterocycles. The van der Waals surface area contributed by atoms with Gasteiger partial charge < -0.3 is 90.1 Å². The monoisotopic (exact) mass is 1230 g/mol. The van der Waals surface area contributed by atoms with Crippen molar-refractivity contribution in [1.29, 1.82) is 0 Å². The Morgan fingerprint density at radius 1 is 0.329 bits per heavy atom. The first-order chi connectivity index (χ1) is 37.3. The summed E-state index contributed by atoms with van der Waals surface area (Å²) in [5.41, 5.74) is 1.17. The van der Waals surface area contributed by atoms with Gasteiger partial charge in [0.25, 0.3) is 0 Å². The second-order valence-electron chi connectivity index (χ2n) is 15.5. The average Bonchev–Trinajstić information content (AvgIpc) is 3.45. The predicted octanol–water partition coefficient (Wildman–Crippen LogP) is 6.48. The van der Waals surface area contributed by atoms with Crippen molar-refractivity contribution in [2.75, 3.05) is 138 Å². The van der Waals surface area contributed by atoms with Crippen molar-refractivity contribution < 1.29 is 114 Å². The van der Waals surface area contributed by atoms with Gasteiger partial charge in [-0.05, 0) is 60.8 Å². The second-order valence-corrected chi connectivity index (χ2v) is 30.6. The van der Waals surface area contributed by atoms with Crippen LogP contribution in [0.4, 0.5) is 0 Å². The summed E-state index contributed by atoms with van der Waals surface area (Å²) in [5, 5.41) is 0. The molecular formula is C49H98O25Si5. The Hall–Kier alpha value is -3.47. The average molecular weight is 1230 g/mol. The second kappa shape index (κ2) is 51.4. The van der Waals surface area contributed by atoms with Gasteiger partial charge in [-0.1, -0.05) is 32.9 Å². The molecule has 30 heteroatoms. The Labute approximate surface area is 477 Å². The van der Waals surface area contributed by atoms with Crippen molar-refractivity contribution in [3.05, 3.63) is 61.8 Å². The molecule has 0 fully saturated rings. The molecule has 0 rings (SSSR count). The fraction of sp³-hybridized carbons (Fsp3) is 0.694. The molecule has 0 aromatic carbocycles. The van der Waals surface area contributed by atoms with E-state index >= 15 is 0 Å². The number of rotatable bonds is 41. The van der Waals surface area contributed by atoms with Crippen LogP contribution in [0.5, 0.6) is 0 Å². The van der Waals surface area contributed by atoms with Gasteiger partial charge in [0, 0.05) is 152 Å². The van der Waals surface area contributed by atoms with Crippen LogP contribution in [0.15, 0.2) is 61.8 Å². The molecule has 0 unspecified atom stereocenters. The molecule has 0 aliphatic heterocycles. The third-order valence-electron chi connectivity index (χ3n) is 10.1. The van der Waals surface area contributed by atoms with Gasteiger partial charge >= 0.3 is 73.9 Å². The molecule has 0 radical (unpaired) electrons. The van der Waals surface area contributed by atoms with E-state index in [1.54, 1.807) is 63.4 Å². The maximum absolute atomic E-state index is 11.2. The molecule has 0 heterocycles. The van der Waals surface area contributed by atoms with Crippen LogP contribution in [0.25, 0.3) is 0 Å². The lowest BCUT2D eigenvalue weighted by Gasteiger charge is -2.28. The summed E-state index contributed by atoms with van der Waals surface area (Å²) in [6.45, 7) is 30.7. The molecule has 0 aliphatic rings. The van der Waals surface area contributed by atoms with Crippen molar-refractivity contribution in [2.45, 2.75) is 91.0 Å². The standard InChI is InChI=1S/C13H26O5Si.C10H20O5Si.2C9H18O5Si.C8H16O5Si/c1-6-16-19(17-7-2,18-8-3)11-9-10-15-13(14)12(4)5;1-9(2)10(11)15-7-6-8-16(12-3,13-4)14-5;1-8(2)9(10)14-6-7-15(11-3,12-4)13-5;1-5-9(10)14-7-6-8-15(11-2,12-3)13-4;1-5-8(9)13-6-7-14(10-2,11-3)12-4/h4,6-11H2,1-3,5H3;1,6-8H2,2-5H3;1,6-7H2,2-5H3;5H,1,6-8H2,2-4H3;5H,1,6-7H2,2-4H3. The summed E-state index contributed by atoms with van der Waals surface area (Å²) in [4.78, 5) is 54.8. The van der Waals surface area contributed by atoms with E-state index in [0.29, 0.717) is 106 Å². The first-order valence-corrected chi connectivity index (χ1v) is 34.6. The zero-order chi connectivity index (χ0) is 62.0. The molecule has 0 bridgehead atoms. The molecule has 79 heavy (non-hydrogen) atoms. The zero-order valence-electron chi connectivity index (χ0n) is 50.7. The first kappa shape index (κ1) is 84.3. The van der Waals surface area contributed by atoms with Crippen molar-refractivity contribution in [2.24, 2.45) is 0 Å². The van der Waals surface area contributed by atoms with Crippen LogP contribution in [0.1, 0.15) is 60.8 Å². The van der Waals surface area contributed by atoms with Gasteiger partial charge in [0.05, 0.1) is 45.1 Å². The minimum atomic E-state index is -2.63. The van der Waals surface area contributed by atoms with E-state index < -0.39 is 61.9 Å². The minimum Gasteiger partial charge on any atom is -0.463 e. The minimum absolute atomic E-state index is 0.201. The van der Waals surface area contributed by atoms with Gasteiger partial charge in [-0.15, -0.1) is 0 Å².